The molecular weight excluding hydrogens is 150 g/mol. The van der Waals surface area contributed by atoms with E-state index in [1.54, 1.807) is 0 Å². The molecular formula is C10H15NO. The van der Waals surface area contributed by atoms with Gasteiger partial charge in [0.05, 0.1) is 6.21 Å². The molecule has 0 radical (unpaired) electrons. The third kappa shape index (κ3) is 5.47. The molecule has 1 N–H and O–H groups in total. The van der Waals surface area contributed by atoms with Gasteiger partial charge in [-0.2, -0.15) is 0 Å². The van der Waals surface area contributed by atoms with Crippen LogP contribution in [0, 0.1) is 0 Å². The molecule has 0 saturated carbocycles. The minimum Gasteiger partial charge on any atom is -0.411 e. The van der Waals surface area contributed by atoms with Gasteiger partial charge >= 0.3 is 0 Å². The van der Waals surface area contributed by atoms with Crippen LogP contribution in [0.5, 0.6) is 0 Å². The third-order valence-corrected chi connectivity index (χ3v) is 1.01. The van der Waals surface area contributed by atoms with Gasteiger partial charge in [-0.25, -0.2) is 0 Å². The van der Waals surface area contributed by atoms with E-state index in [-0.39, 0.29) is 0 Å². The summed E-state index contributed by atoms with van der Waals surface area (Å²) in [5.74, 6) is 0. The monoisotopic (exact) mass is 165 g/mol. The van der Waals surface area contributed by atoms with E-state index in [0.29, 0.717) is 0 Å². The third-order valence-electron chi connectivity index (χ3n) is 1.01. The largest absolute Gasteiger partial charge is 0.411 e. The van der Waals surface area contributed by atoms with Crippen molar-refractivity contribution in [1.82, 2.24) is 0 Å². The molecule has 0 heterocycles. The van der Waals surface area contributed by atoms with Crippen molar-refractivity contribution in [3.63, 3.8) is 0 Å². The fraction of sp³-hybridized carbons (Fsp3) is 0.300. The molecule has 1 aromatic rings. The Labute approximate surface area is 73.5 Å². The Hall–Kier alpha value is -1.31. The lowest BCUT2D eigenvalue weighted by molar-refractivity contribution is 0.322. The molecule has 0 bridgehead atoms. The minimum absolute atomic E-state index is 0.903. The lowest BCUT2D eigenvalue weighted by atomic mass is 10.2. The van der Waals surface area contributed by atoms with Crippen molar-refractivity contribution in [1.29, 1.82) is 0 Å². The molecule has 2 heteroatoms. The molecule has 0 spiro atoms. The van der Waals surface area contributed by atoms with Gasteiger partial charge in [-0.15, -0.1) is 0 Å². The van der Waals surface area contributed by atoms with Crippen molar-refractivity contribution < 1.29 is 5.21 Å². The summed E-state index contributed by atoms with van der Waals surface area (Å²) in [4.78, 5) is 0. The van der Waals surface area contributed by atoms with E-state index >= 15 is 0 Å². The van der Waals surface area contributed by atoms with Crippen LogP contribution in [-0.4, -0.2) is 11.4 Å². The van der Waals surface area contributed by atoms with Crippen LogP contribution in [0.2, 0.25) is 0 Å². The second-order valence-electron chi connectivity index (χ2n) is 2.36. The topological polar surface area (TPSA) is 32.6 Å². The molecule has 0 aliphatic carbocycles. The predicted molar refractivity (Wildman–Crippen MR) is 51.8 cm³/mol. The Morgan fingerprint density at radius 3 is 2.17 bits per heavy atom. The first-order valence-electron chi connectivity index (χ1n) is 4.07. The molecule has 0 unspecified atom stereocenters. The average molecular weight is 165 g/mol. The number of hydrogen-bond acceptors (Lipinski definition) is 2. The van der Waals surface area contributed by atoms with E-state index < -0.39 is 0 Å². The molecule has 0 atom stereocenters. The molecule has 0 aromatic heterocycles. The van der Waals surface area contributed by atoms with Gasteiger partial charge in [-0.3, -0.25) is 0 Å². The minimum atomic E-state index is 0.903. The van der Waals surface area contributed by atoms with Gasteiger partial charge in [-0.1, -0.05) is 55.8 Å². The maximum atomic E-state index is 8.09. The molecule has 0 amide bonds. The van der Waals surface area contributed by atoms with Gasteiger partial charge in [-0.05, 0) is 5.56 Å². The quantitative estimate of drug-likeness (QED) is 0.387. The lowest BCUT2D eigenvalue weighted by Crippen LogP contribution is -1.76. The Bertz CT molecular complexity index is 206. The van der Waals surface area contributed by atoms with E-state index in [0.717, 1.165) is 5.56 Å². The lowest BCUT2D eigenvalue weighted by Gasteiger charge is -1.85. The molecule has 0 fully saturated rings. The van der Waals surface area contributed by atoms with E-state index in [2.05, 4.69) is 19.0 Å². The van der Waals surface area contributed by atoms with Gasteiger partial charge in [0.1, 0.15) is 0 Å². The number of benzene rings is 1. The van der Waals surface area contributed by atoms with Crippen molar-refractivity contribution in [2.75, 3.05) is 0 Å². The summed E-state index contributed by atoms with van der Waals surface area (Å²) in [6, 6.07) is 9.40. The first-order valence-corrected chi connectivity index (χ1v) is 4.07. The second kappa shape index (κ2) is 7.79. The molecule has 0 aliphatic rings. The van der Waals surface area contributed by atoms with Gasteiger partial charge in [0, 0.05) is 0 Å². The summed E-state index contributed by atoms with van der Waals surface area (Å²) >= 11 is 0. The van der Waals surface area contributed by atoms with Gasteiger partial charge in [0.15, 0.2) is 0 Å². The summed E-state index contributed by atoms with van der Waals surface area (Å²) < 4.78 is 0. The van der Waals surface area contributed by atoms with Crippen LogP contribution in [-0.2, 0) is 0 Å². The molecule has 0 aliphatic heterocycles. The molecule has 0 saturated heterocycles. The highest BCUT2D eigenvalue weighted by Crippen LogP contribution is 1.92. The molecule has 2 nitrogen and oxygen atoms in total. The second-order valence-corrected chi connectivity index (χ2v) is 2.36. The van der Waals surface area contributed by atoms with Crippen LogP contribution in [0.3, 0.4) is 0 Å². The normalized spacial score (nSPS) is 9.17. The zero-order valence-electron chi connectivity index (χ0n) is 7.57. The van der Waals surface area contributed by atoms with Crippen LogP contribution in [0.4, 0.5) is 0 Å². The highest BCUT2D eigenvalue weighted by atomic mass is 16.4. The standard InChI is InChI=1S/C7H7NO.C3H8/c9-8-6-7-4-2-1-3-5-7;1-3-2/h1-6,9H;3H2,1-2H3/b8-6+;. The highest BCUT2D eigenvalue weighted by molar-refractivity contribution is 5.78. The summed E-state index contributed by atoms with van der Waals surface area (Å²) in [5, 5.41) is 11.0. The Morgan fingerprint density at radius 2 is 1.75 bits per heavy atom. The number of hydrogen-bond donors (Lipinski definition) is 1. The number of oxime groups is 1. The fourth-order valence-corrected chi connectivity index (χ4v) is 0.606. The van der Waals surface area contributed by atoms with Crippen LogP contribution in [0.25, 0.3) is 0 Å². The number of rotatable bonds is 1. The van der Waals surface area contributed by atoms with Gasteiger partial charge in [0.25, 0.3) is 0 Å². The zero-order valence-corrected chi connectivity index (χ0v) is 7.57. The molecule has 66 valence electrons. The van der Waals surface area contributed by atoms with E-state index in [1.807, 2.05) is 30.3 Å². The zero-order chi connectivity index (χ0) is 9.23. The van der Waals surface area contributed by atoms with Crippen LogP contribution >= 0.6 is 0 Å². The maximum Gasteiger partial charge on any atom is 0.0733 e. The highest BCUT2D eigenvalue weighted by Gasteiger charge is 1.79. The van der Waals surface area contributed by atoms with Crippen molar-refractivity contribution in [2.45, 2.75) is 20.3 Å². The number of nitrogens with zero attached hydrogens (tertiary/aromatic N) is 1. The van der Waals surface area contributed by atoms with E-state index in [4.69, 9.17) is 5.21 Å². The van der Waals surface area contributed by atoms with Gasteiger partial charge < -0.3 is 5.21 Å². The molecule has 1 rings (SSSR count). The van der Waals surface area contributed by atoms with Crippen LogP contribution < -0.4 is 0 Å². The summed E-state index contributed by atoms with van der Waals surface area (Å²) in [7, 11) is 0. The SMILES string of the molecule is CCC.O/N=C/c1ccccc1. The first kappa shape index (κ1) is 10.7. The van der Waals surface area contributed by atoms with E-state index in [1.165, 1.54) is 12.6 Å². The van der Waals surface area contributed by atoms with Crippen LogP contribution in [0.1, 0.15) is 25.8 Å². The predicted octanol–water partition coefficient (Wildman–Crippen LogP) is 2.91. The Balaban J connectivity index is 0.000000354. The molecule has 1 aromatic carbocycles. The van der Waals surface area contributed by atoms with Crippen molar-refractivity contribution in [3.05, 3.63) is 35.9 Å². The smallest absolute Gasteiger partial charge is 0.0733 e. The van der Waals surface area contributed by atoms with Crippen LogP contribution in [0.15, 0.2) is 35.5 Å². The van der Waals surface area contributed by atoms with E-state index in [9.17, 15) is 0 Å². The average Bonchev–Trinajstić information content (AvgIpc) is 2.08. The first-order chi connectivity index (χ1) is 5.85. The van der Waals surface area contributed by atoms with Crippen molar-refractivity contribution in [2.24, 2.45) is 5.16 Å². The summed E-state index contributed by atoms with van der Waals surface area (Å²) in [6.45, 7) is 4.25. The van der Waals surface area contributed by atoms with Crippen molar-refractivity contribution in [3.8, 4) is 0 Å². The Morgan fingerprint density at radius 1 is 1.25 bits per heavy atom. The fourth-order valence-electron chi connectivity index (χ4n) is 0.606. The van der Waals surface area contributed by atoms with Crippen molar-refractivity contribution >= 4 is 6.21 Å². The maximum absolute atomic E-state index is 8.09. The molecule has 12 heavy (non-hydrogen) atoms. The van der Waals surface area contributed by atoms with Gasteiger partial charge in [0.2, 0.25) is 0 Å². The summed E-state index contributed by atoms with van der Waals surface area (Å²) in [6.07, 6.45) is 2.64. The Kier molecular flexibility index (Phi) is 6.94. The summed E-state index contributed by atoms with van der Waals surface area (Å²) in [5.41, 5.74) is 0.903.